The maximum atomic E-state index is 14.7. The van der Waals surface area contributed by atoms with Crippen LogP contribution in [0.25, 0.3) is 33.3 Å². The van der Waals surface area contributed by atoms with Crippen LogP contribution in [0.2, 0.25) is 0 Å². The number of rotatable bonds is 10. The highest BCUT2D eigenvalue weighted by molar-refractivity contribution is 5.96. The number of hydrogen-bond acceptors (Lipinski definition) is 9. The van der Waals surface area contributed by atoms with E-state index < -0.39 is 47.2 Å². The third kappa shape index (κ3) is 9.89. The fourth-order valence-corrected chi connectivity index (χ4v) is 9.88. The number of methoxy groups -OCH3 is 1. The van der Waals surface area contributed by atoms with Crippen LogP contribution in [0.1, 0.15) is 83.7 Å². The Kier molecular flexibility index (Phi) is 14.3. The van der Waals surface area contributed by atoms with Gasteiger partial charge in [-0.15, -0.1) is 0 Å². The Hall–Kier alpha value is -5.86. The van der Waals surface area contributed by atoms with Crippen molar-refractivity contribution in [3.05, 3.63) is 90.3 Å². The van der Waals surface area contributed by atoms with Gasteiger partial charge in [0.1, 0.15) is 18.1 Å². The van der Waals surface area contributed by atoms with Gasteiger partial charge < -0.3 is 29.2 Å². The van der Waals surface area contributed by atoms with Crippen molar-refractivity contribution in [3.63, 3.8) is 0 Å². The smallest absolute Gasteiger partial charge is 0.324 e. The third-order valence-electron chi connectivity index (χ3n) is 13.3. The molecule has 65 heavy (non-hydrogen) atoms. The van der Waals surface area contributed by atoms with E-state index in [1.54, 1.807) is 25.3 Å². The third-order valence-corrected chi connectivity index (χ3v) is 13.3. The van der Waals surface area contributed by atoms with Crippen molar-refractivity contribution in [2.24, 2.45) is 17.3 Å². The highest BCUT2D eigenvalue weighted by Crippen LogP contribution is 2.42. The fourth-order valence-electron chi connectivity index (χ4n) is 9.88. The molecule has 6 bridgehead atoms. The molecule has 4 amide bonds. The molecule has 2 aromatic carbocycles. The number of likely N-dealkylation sites (tertiary alicyclic amines) is 1. The molecule has 5 atom stereocenters. The van der Waals surface area contributed by atoms with Crippen molar-refractivity contribution in [2.45, 2.75) is 104 Å². The first-order valence-corrected chi connectivity index (χ1v) is 23.0. The number of pyridine rings is 1. The summed E-state index contributed by atoms with van der Waals surface area (Å²) < 4.78 is 14.3. The number of cyclic esters (lactones) is 1. The first kappa shape index (κ1) is 47.1. The Morgan fingerprint density at radius 2 is 1.83 bits per heavy atom. The molecule has 0 radical (unpaired) electrons. The summed E-state index contributed by atoms with van der Waals surface area (Å²) in [6.45, 7) is 17.5. The molecule has 14 heteroatoms. The molecule has 3 aliphatic heterocycles. The topological polar surface area (TPSA) is 155 Å². The molecule has 2 aromatic heterocycles. The predicted octanol–water partition coefficient (Wildman–Crippen LogP) is 6.26. The standard InChI is InChI=1S/C51H65N7O7/c1-10-43(59)56-24-21-36(29-56)48(61)55(8)45(31(3)4)47(60)53-41-26-33-15-12-16-34(25-33)35-19-20-42-38(27-35)39(46(57(42)11-2)37-17-13-22-52-44(37)32(5)64-9)28-51(6,7)30-65-50(63)40-18-14-23-58(54-40)49(41)62/h10,12-13,15-17,19-20,22,25,27,31-32,36,40-41,45,54H,1,11,14,18,21,23-24,26,28-30H2,2-9H3,(H,53,60)/t32-,36-,40-,41-,45?/m0/s1. The average Bonchev–Trinajstić information content (AvgIpc) is 3.92. The lowest BCUT2D eigenvalue weighted by molar-refractivity contribution is -0.155. The summed E-state index contributed by atoms with van der Waals surface area (Å²) in [5.41, 5.74) is 10.5. The van der Waals surface area contributed by atoms with E-state index in [4.69, 9.17) is 14.5 Å². The van der Waals surface area contributed by atoms with E-state index in [9.17, 15) is 24.0 Å². The van der Waals surface area contributed by atoms with E-state index in [-0.39, 0.29) is 43.4 Å². The van der Waals surface area contributed by atoms with Gasteiger partial charge in [0.25, 0.3) is 5.91 Å². The summed E-state index contributed by atoms with van der Waals surface area (Å²) in [6, 6.07) is 15.9. The average molecular weight is 888 g/mol. The molecular weight excluding hydrogens is 823 g/mol. The number of hydrogen-bond donors (Lipinski definition) is 2. The summed E-state index contributed by atoms with van der Waals surface area (Å²) >= 11 is 0. The summed E-state index contributed by atoms with van der Waals surface area (Å²) in [5.74, 6) is -2.56. The van der Waals surface area contributed by atoms with E-state index in [0.29, 0.717) is 45.3 Å². The Labute approximate surface area is 382 Å². The molecule has 7 rings (SSSR count). The lowest BCUT2D eigenvalue weighted by Crippen LogP contribution is -2.62. The predicted molar refractivity (Wildman–Crippen MR) is 250 cm³/mol. The first-order valence-electron chi connectivity index (χ1n) is 23.0. The van der Waals surface area contributed by atoms with Gasteiger partial charge in [-0.2, -0.15) is 0 Å². The summed E-state index contributed by atoms with van der Waals surface area (Å²) in [7, 11) is 3.30. The number of aromatic nitrogens is 2. The quantitative estimate of drug-likeness (QED) is 0.139. The SMILES string of the molecule is C=CC(=O)N1CC[C@H](C(=O)N(C)C(C(=O)N[C@H]2Cc3cccc(c3)-c3ccc4c(c3)c(c(-c3cccnc3[C@H](C)OC)n4CC)CC(C)(C)COC(=O)[C@@H]3CCCN(N3)C2=O)C(C)C)C1. The highest BCUT2D eigenvalue weighted by Gasteiger charge is 2.40. The second-order valence-corrected chi connectivity index (χ2v) is 19.0. The molecule has 1 unspecified atom stereocenters. The van der Waals surface area contributed by atoms with E-state index in [1.807, 2.05) is 39.0 Å². The van der Waals surface area contributed by atoms with E-state index in [2.05, 4.69) is 79.1 Å². The zero-order valence-corrected chi connectivity index (χ0v) is 39.2. The number of carbonyl (C=O) groups excluding carboxylic acids is 5. The molecule has 0 aliphatic carbocycles. The Morgan fingerprint density at radius 1 is 1.06 bits per heavy atom. The molecule has 0 spiro atoms. The number of aryl methyl sites for hydroxylation is 1. The van der Waals surface area contributed by atoms with Crippen LogP contribution < -0.4 is 10.7 Å². The molecule has 3 aliphatic rings. The van der Waals surface area contributed by atoms with Gasteiger partial charge in [-0.25, -0.2) is 5.43 Å². The van der Waals surface area contributed by atoms with Crippen molar-refractivity contribution in [1.82, 2.24) is 35.1 Å². The van der Waals surface area contributed by atoms with Crippen LogP contribution in [0.15, 0.2) is 73.4 Å². The van der Waals surface area contributed by atoms with Crippen LogP contribution in [0.4, 0.5) is 0 Å². The van der Waals surface area contributed by atoms with Crippen molar-refractivity contribution in [2.75, 3.05) is 40.4 Å². The van der Waals surface area contributed by atoms with Gasteiger partial charge in [-0.3, -0.25) is 34.0 Å². The largest absolute Gasteiger partial charge is 0.464 e. The van der Waals surface area contributed by atoms with Crippen molar-refractivity contribution in [1.29, 1.82) is 0 Å². The van der Waals surface area contributed by atoms with Gasteiger partial charge in [0.15, 0.2) is 0 Å². The van der Waals surface area contributed by atoms with Crippen LogP contribution >= 0.6 is 0 Å². The highest BCUT2D eigenvalue weighted by atomic mass is 16.5. The minimum atomic E-state index is -1.05. The second-order valence-electron chi connectivity index (χ2n) is 19.0. The number of nitrogens with zero attached hydrogens (tertiary/aromatic N) is 5. The molecule has 2 N–H and O–H groups in total. The maximum absolute atomic E-state index is 14.7. The number of ether oxygens (including phenoxy) is 2. The number of benzene rings is 2. The molecule has 5 heterocycles. The number of hydrazine groups is 1. The van der Waals surface area contributed by atoms with E-state index in [0.717, 1.165) is 50.1 Å². The molecular formula is C51H65N7O7. The number of likely N-dealkylation sites (N-methyl/N-ethyl adjacent to an activating group) is 1. The number of carbonyl (C=O) groups is 5. The van der Waals surface area contributed by atoms with E-state index in [1.165, 1.54) is 16.0 Å². The molecule has 346 valence electrons. The van der Waals surface area contributed by atoms with Gasteiger partial charge in [-0.05, 0) is 98.0 Å². The van der Waals surface area contributed by atoms with Crippen LogP contribution in [0, 0.1) is 17.3 Å². The lowest BCUT2D eigenvalue weighted by atomic mass is 9.84. The molecule has 2 saturated heterocycles. The monoisotopic (exact) mass is 887 g/mol. The second kappa shape index (κ2) is 19.7. The Balaban J connectivity index is 1.29. The van der Waals surface area contributed by atoms with Gasteiger partial charge in [-0.1, -0.05) is 64.6 Å². The summed E-state index contributed by atoms with van der Waals surface area (Å²) in [5, 5.41) is 5.57. The number of esters is 1. The maximum Gasteiger partial charge on any atom is 0.324 e. The van der Waals surface area contributed by atoms with Crippen molar-refractivity contribution < 1.29 is 33.4 Å². The molecule has 4 aromatic rings. The minimum Gasteiger partial charge on any atom is -0.464 e. The Morgan fingerprint density at radius 3 is 2.55 bits per heavy atom. The van der Waals surface area contributed by atoms with E-state index >= 15 is 0 Å². The van der Waals surface area contributed by atoms with Crippen LogP contribution in [-0.4, -0.2) is 112 Å². The molecule has 2 fully saturated rings. The minimum absolute atomic E-state index is 0.136. The van der Waals surface area contributed by atoms with Gasteiger partial charge >= 0.3 is 5.97 Å². The Bertz CT molecular complexity index is 2460. The van der Waals surface area contributed by atoms with Gasteiger partial charge in [0.05, 0.1) is 30.0 Å². The van der Waals surface area contributed by atoms with Crippen molar-refractivity contribution >= 4 is 40.5 Å². The number of nitrogens with one attached hydrogen (secondary N) is 2. The van der Waals surface area contributed by atoms with Gasteiger partial charge in [0, 0.05) is 74.8 Å². The van der Waals surface area contributed by atoms with Crippen LogP contribution in [0.5, 0.6) is 0 Å². The van der Waals surface area contributed by atoms with Crippen LogP contribution in [-0.2, 0) is 52.8 Å². The molecule has 0 saturated carbocycles. The number of amides is 4. The zero-order chi connectivity index (χ0) is 46.7. The van der Waals surface area contributed by atoms with Crippen LogP contribution in [0.3, 0.4) is 0 Å². The normalized spacial score (nSPS) is 21.1. The van der Waals surface area contributed by atoms with Gasteiger partial charge in [0.2, 0.25) is 17.7 Å². The summed E-state index contributed by atoms with van der Waals surface area (Å²) in [4.78, 5) is 77.2. The fraction of sp³-hybridized carbons (Fsp3) is 0.490. The van der Waals surface area contributed by atoms with Crippen molar-refractivity contribution in [3.8, 4) is 22.4 Å². The first-order chi connectivity index (χ1) is 31.0. The summed E-state index contributed by atoms with van der Waals surface area (Å²) in [6.07, 6.45) is 5.02. The lowest BCUT2D eigenvalue weighted by Gasteiger charge is -2.37. The molecule has 14 nitrogen and oxygen atoms in total. The number of fused-ring (bicyclic) bond motifs is 6. The zero-order valence-electron chi connectivity index (χ0n) is 39.2.